The summed E-state index contributed by atoms with van der Waals surface area (Å²) >= 11 is 0. The van der Waals surface area contributed by atoms with E-state index in [1.54, 1.807) is 0 Å². The second-order valence-corrected chi connectivity index (χ2v) is 8.17. The monoisotopic (exact) mass is 280 g/mol. The first-order valence-corrected chi connectivity index (χ1v) is 8.96. The van der Waals surface area contributed by atoms with Crippen LogP contribution >= 0.6 is 0 Å². The second kappa shape index (κ2) is 7.26. The summed E-state index contributed by atoms with van der Waals surface area (Å²) in [6, 6.07) is 0.758. The van der Waals surface area contributed by atoms with Crippen molar-refractivity contribution in [1.29, 1.82) is 0 Å². The van der Waals surface area contributed by atoms with E-state index in [4.69, 9.17) is 0 Å². The maximum atomic E-state index is 3.76. The SMILES string of the molecule is CCNC1CCC(C)(C)CC1CN1CCCC(C)CC1. The zero-order valence-corrected chi connectivity index (χ0v) is 14.3. The Balaban J connectivity index is 1.92. The van der Waals surface area contributed by atoms with E-state index < -0.39 is 0 Å². The first-order valence-electron chi connectivity index (χ1n) is 8.96. The summed E-state index contributed by atoms with van der Waals surface area (Å²) < 4.78 is 0. The van der Waals surface area contributed by atoms with Gasteiger partial charge in [-0.15, -0.1) is 0 Å². The van der Waals surface area contributed by atoms with Crippen molar-refractivity contribution in [3.05, 3.63) is 0 Å². The number of nitrogens with zero attached hydrogens (tertiary/aromatic N) is 1. The highest BCUT2D eigenvalue weighted by atomic mass is 15.1. The van der Waals surface area contributed by atoms with Crippen molar-refractivity contribution < 1.29 is 0 Å². The molecule has 1 N–H and O–H groups in total. The molecule has 3 atom stereocenters. The van der Waals surface area contributed by atoms with Crippen LogP contribution in [0, 0.1) is 17.3 Å². The molecule has 0 aromatic heterocycles. The van der Waals surface area contributed by atoms with Crippen molar-refractivity contribution in [2.45, 2.75) is 72.3 Å². The second-order valence-electron chi connectivity index (χ2n) is 8.17. The van der Waals surface area contributed by atoms with Crippen LogP contribution in [0.4, 0.5) is 0 Å². The zero-order chi connectivity index (χ0) is 14.6. The van der Waals surface area contributed by atoms with Gasteiger partial charge in [0.15, 0.2) is 0 Å². The third-order valence-electron chi connectivity index (χ3n) is 5.58. The maximum Gasteiger partial charge on any atom is 0.0108 e. The lowest BCUT2D eigenvalue weighted by molar-refractivity contribution is 0.101. The van der Waals surface area contributed by atoms with E-state index in [0.717, 1.165) is 24.4 Å². The van der Waals surface area contributed by atoms with Crippen molar-refractivity contribution in [2.75, 3.05) is 26.2 Å². The average Bonchev–Trinajstić information content (AvgIpc) is 2.58. The molecule has 0 aromatic rings. The lowest BCUT2D eigenvalue weighted by Crippen LogP contribution is -2.47. The molecule has 118 valence electrons. The molecule has 0 aromatic carbocycles. The summed E-state index contributed by atoms with van der Waals surface area (Å²) in [5, 5.41) is 3.76. The Bertz CT molecular complexity index is 287. The average molecular weight is 280 g/mol. The Kier molecular flexibility index (Phi) is 5.92. The van der Waals surface area contributed by atoms with E-state index in [9.17, 15) is 0 Å². The van der Waals surface area contributed by atoms with Crippen LogP contribution in [0.15, 0.2) is 0 Å². The summed E-state index contributed by atoms with van der Waals surface area (Å²) in [5.74, 6) is 1.79. The van der Waals surface area contributed by atoms with E-state index >= 15 is 0 Å². The summed E-state index contributed by atoms with van der Waals surface area (Å²) in [4.78, 5) is 2.76. The molecule has 2 nitrogen and oxygen atoms in total. The molecular weight excluding hydrogens is 244 g/mol. The van der Waals surface area contributed by atoms with Gasteiger partial charge in [0.1, 0.15) is 0 Å². The molecule has 0 bridgehead atoms. The fraction of sp³-hybridized carbons (Fsp3) is 1.00. The van der Waals surface area contributed by atoms with Crippen LogP contribution in [0.2, 0.25) is 0 Å². The minimum absolute atomic E-state index is 0.551. The van der Waals surface area contributed by atoms with Gasteiger partial charge in [-0.1, -0.05) is 27.7 Å². The van der Waals surface area contributed by atoms with Gasteiger partial charge in [0.05, 0.1) is 0 Å². The molecule has 0 amide bonds. The molecule has 0 spiro atoms. The van der Waals surface area contributed by atoms with Gasteiger partial charge in [-0.3, -0.25) is 0 Å². The predicted molar refractivity (Wildman–Crippen MR) is 88.0 cm³/mol. The molecule has 20 heavy (non-hydrogen) atoms. The molecule has 2 aliphatic rings. The molecule has 1 heterocycles. The van der Waals surface area contributed by atoms with E-state index in [1.807, 2.05) is 0 Å². The van der Waals surface area contributed by atoms with Crippen LogP contribution in [-0.4, -0.2) is 37.1 Å². The molecule has 1 aliphatic carbocycles. The van der Waals surface area contributed by atoms with Gasteiger partial charge in [0.2, 0.25) is 0 Å². The van der Waals surface area contributed by atoms with Crippen LogP contribution in [0.5, 0.6) is 0 Å². The smallest absolute Gasteiger partial charge is 0.0108 e. The lowest BCUT2D eigenvalue weighted by Gasteiger charge is -2.43. The summed E-state index contributed by atoms with van der Waals surface area (Å²) in [6.07, 6.45) is 8.40. The fourth-order valence-corrected chi connectivity index (χ4v) is 4.30. The van der Waals surface area contributed by atoms with Crippen LogP contribution in [0.25, 0.3) is 0 Å². The largest absolute Gasteiger partial charge is 0.314 e. The first-order chi connectivity index (χ1) is 9.50. The number of hydrogen-bond acceptors (Lipinski definition) is 2. The zero-order valence-electron chi connectivity index (χ0n) is 14.3. The highest BCUT2D eigenvalue weighted by molar-refractivity contribution is 4.90. The lowest BCUT2D eigenvalue weighted by atomic mass is 9.69. The Morgan fingerprint density at radius 3 is 2.70 bits per heavy atom. The Morgan fingerprint density at radius 1 is 1.15 bits per heavy atom. The van der Waals surface area contributed by atoms with Crippen LogP contribution in [0.1, 0.15) is 66.2 Å². The third kappa shape index (κ3) is 4.73. The number of hydrogen-bond donors (Lipinski definition) is 1. The van der Waals surface area contributed by atoms with E-state index in [-0.39, 0.29) is 0 Å². The minimum Gasteiger partial charge on any atom is -0.314 e. The highest BCUT2D eigenvalue weighted by Gasteiger charge is 2.35. The molecule has 0 radical (unpaired) electrons. The molecular formula is C18H36N2. The molecule has 1 saturated heterocycles. The van der Waals surface area contributed by atoms with Crippen molar-refractivity contribution in [3.63, 3.8) is 0 Å². The summed E-state index contributed by atoms with van der Waals surface area (Å²) in [6.45, 7) is 14.7. The Morgan fingerprint density at radius 2 is 1.95 bits per heavy atom. The molecule has 2 rings (SSSR count). The number of rotatable bonds is 4. The van der Waals surface area contributed by atoms with Crippen molar-refractivity contribution in [1.82, 2.24) is 10.2 Å². The van der Waals surface area contributed by atoms with Crippen LogP contribution in [0.3, 0.4) is 0 Å². The number of nitrogens with one attached hydrogen (secondary N) is 1. The summed E-state index contributed by atoms with van der Waals surface area (Å²) in [7, 11) is 0. The number of likely N-dealkylation sites (tertiary alicyclic amines) is 1. The molecule has 2 heteroatoms. The van der Waals surface area contributed by atoms with Gasteiger partial charge in [0, 0.05) is 12.6 Å². The predicted octanol–water partition coefficient (Wildman–Crippen LogP) is 3.91. The van der Waals surface area contributed by atoms with Crippen molar-refractivity contribution in [3.8, 4) is 0 Å². The summed E-state index contributed by atoms with van der Waals surface area (Å²) in [5.41, 5.74) is 0.551. The molecule has 3 unspecified atom stereocenters. The minimum atomic E-state index is 0.551. The van der Waals surface area contributed by atoms with E-state index in [0.29, 0.717) is 5.41 Å². The highest BCUT2D eigenvalue weighted by Crippen LogP contribution is 2.39. The topological polar surface area (TPSA) is 15.3 Å². The molecule has 2 fully saturated rings. The van der Waals surface area contributed by atoms with Gasteiger partial charge in [0.25, 0.3) is 0 Å². The van der Waals surface area contributed by atoms with Crippen LogP contribution < -0.4 is 5.32 Å². The van der Waals surface area contributed by atoms with Gasteiger partial charge < -0.3 is 10.2 Å². The third-order valence-corrected chi connectivity index (χ3v) is 5.58. The normalized spacial score (nSPS) is 35.7. The van der Waals surface area contributed by atoms with Gasteiger partial charge in [-0.25, -0.2) is 0 Å². The van der Waals surface area contributed by atoms with Crippen LogP contribution in [-0.2, 0) is 0 Å². The molecule has 1 aliphatic heterocycles. The Hall–Kier alpha value is -0.0800. The van der Waals surface area contributed by atoms with Crippen molar-refractivity contribution >= 4 is 0 Å². The van der Waals surface area contributed by atoms with E-state index in [2.05, 4.69) is 37.9 Å². The van der Waals surface area contributed by atoms with Gasteiger partial charge in [-0.2, -0.15) is 0 Å². The van der Waals surface area contributed by atoms with Gasteiger partial charge >= 0.3 is 0 Å². The van der Waals surface area contributed by atoms with E-state index in [1.165, 1.54) is 58.2 Å². The van der Waals surface area contributed by atoms with Gasteiger partial charge in [-0.05, 0) is 75.4 Å². The standard InChI is InChI=1S/C18H36N2/c1-5-19-17-8-10-18(3,4)13-16(17)14-20-11-6-7-15(2)9-12-20/h15-17,19H,5-14H2,1-4H3. The quantitative estimate of drug-likeness (QED) is 0.840. The van der Waals surface area contributed by atoms with Crippen molar-refractivity contribution in [2.24, 2.45) is 17.3 Å². The molecule has 1 saturated carbocycles. The maximum absolute atomic E-state index is 3.76. The fourth-order valence-electron chi connectivity index (χ4n) is 4.30. The Labute approximate surface area is 126 Å². The first kappa shape index (κ1) is 16.3.